The minimum absolute atomic E-state index is 0.155. The number of hydrogen-bond acceptors (Lipinski definition) is 1. The molecular weight excluding hydrogens is 385 g/mol. The van der Waals surface area contributed by atoms with Gasteiger partial charge >= 0.3 is 6.36 Å². The standard InChI is InChI=1S/C26H37F3O/c1-2-5-20-8-14-23(15-9-20)24-16-10-21(11-17-24)6-3-4-7-22-12-18-25(19-13-22)30-26(27,28)29/h3,6,12-13,18-21,23-24H,2,4-5,7-11,14-17H2,1H3/t20-,21-,23-,24-. The Hall–Kier alpha value is -1.45. The molecule has 2 saturated carbocycles. The number of halogens is 3. The third-order valence-electron chi connectivity index (χ3n) is 7.24. The van der Waals surface area contributed by atoms with Crippen molar-refractivity contribution in [2.24, 2.45) is 23.7 Å². The highest BCUT2D eigenvalue weighted by molar-refractivity contribution is 5.27. The summed E-state index contributed by atoms with van der Waals surface area (Å²) in [4.78, 5) is 0. The first-order valence-electron chi connectivity index (χ1n) is 11.9. The zero-order chi connectivity index (χ0) is 21.4. The highest BCUT2D eigenvalue weighted by Crippen LogP contribution is 2.42. The van der Waals surface area contributed by atoms with Crippen LogP contribution in [0.15, 0.2) is 36.4 Å². The largest absolute Gasteiger partial charge is 0.573 e. The van der Waals surface area contributed by atoms with Gasteiger partial charge in [-0.1, -0.05) is 56.9 Å². The molecular formula is C26H37F3O. The van der Waals surface area contributed by atoms with Crippen molar-refractivity contribution in [1.82, 2.24) is 0 Å². The van der Waals surface area contributed by atoms with Crippen molar-refractivity contribution in [3.8, 4) is 5.75 Å². The third kappa shape index (κ3) is 7.67. The van der Waals surface area contributed by atoms with Gasteiger partial charge in [0.05, 0.1) is 0 Å². The summed E-state index contributed by atoms with van der Waals surface area (Å²) < 4.78 is 40.5. The summed E-state index contributed by atoms with van der Waals surface area (Å²) in [5, 5.41) is 0. The molecule has 1 nitrogen and oxygen atoms in total. The van der Waals surface area contributed by atoms with Crippen LogP contribution in [0.25, 0.3) is 0 Å². The fourth-order valence-electron chi connectivity index (χ4n) is 5.56. The van der Waals surface area contributed by atoms with E-state index < -0.39 is 6.36 Å². The maximum absolute atomic E-state index is 12.2. The molecule has 0 spiro atoms. The van der Waals surface area contributed by atoms with Crippen LogP contribution < -0.4 is 4.74 Å². The SMILES string of the molecule is CCC[C@H]1CC[C@H]([C@H]2CC[C@H](C=CCCc3ccc(OC(F)(F)F)cc3)CC2)CC1. The lowest BCUT2D eigenvalue weighted by Crippen LogP contribution is -2.25. The number of alkyl halides is 3. The Bertz CT molecular complexity index is 633. The second-order valence-electron chi connectivity index (χ2n) is 9.40. The van der Waals surface area contributed by atoms with E-state index in [1.807, 2.05) is 0 Å². The maximum Gasteiger partial charge on any atom is 0.573 e. The molecule has 1 aromatic carbocycles. The topological polar surface area (TPSA) is 9.23 Å². The molecule has 0 saturated heterocycles. The molecule has 168 valence electrons. The Morgan fingerprint density at radius 2 is 1.50 bits per heavy atom. The molecule has 2 aliphatic carbocycles. The summed E-state index contributed by atoms with van der Waals surface area (Å²) in [6.45, 7) is 2.31. The number of benzene rings is 1. The van der Waals surface area contributed by atoms with Gasteiger partial charge < -0.3 is 4.74 Å². The van der Waals surface area contributed by atoms with Crippen LogP contribution >= 0.6 is 0 Å². The lowest BCUT2D eigenvalue weighted by Gasteiger charge is -2.37. The molecule has 0 bridgehead atoms. The van der Waals surface area contributed by atoms with E-state index >= 15 is 0 Å². The molecule has 0 aromatic heterocycles. The predicted molar refractivity (Wildman–Crippen MR) is 116 cm³/mol. The Morgan fingerprint density at radius 1 is 0.900 bits per heavy atom. The number of ether oxygens (including phenoxy) is 1. The van der Waals surface area contributed by atoms with Crippen LogP contribution in [-0.4, -0.2) is 6.36 Å². The quantitative estimate of drug-likeness (QED) is 0.382. The fourth-order valence-corrected chi connectivity index (χ4v) is 5.56. The first kappa shape index (κ1) is 23.2. The van der Waals surface area contributed by atoms with Gasteiger partial charge in [-0.15, -0.1) is 13.2 Å². The zero-order valence-corrected chi connectivity index (χ0v) is 18.3. The number of rotatable bonds is 8. The van der Waals surface area contributed by atoms with Crippen molar-refractivity contribution < 1.29 is 17.9 Å². The van der Waals surface area contributed by atoms with Crippen molar-refractivity contribution in [2.75, 3.05) is 0 Å². The van der Waals surface area contributed by atoms with Crippen LogP contribution in [0.2, 0.25) is 0 Å². The summed E-state index contributed by atoms with van der Waals surface area (Å²) in [6, 6.07) is 6.22. The average molecular weight is 423 g/mol. The monoisotopic (exact) mass is 422 g/mol. The Labute approximate surface area is 180 Å². The maximum atomic E-state index is 12.2. The van der Waals surface area contributed by atoms with Crippen molar-refractivity contribution >= 4 is 0 Å². The Morgan fingerprint density at radius 3 is 2.07 bits per heavy atom. The second-order valence-corrected chi connectivity index (χ2v) is 9.40. The van der Waals surface area contributed by atoms with E-state index in [0.717, 1.165) is 36.2 Å². The molecule has 1 aromatic rings. The molecule has 0 unspecified atom stereocenters. The predicted octanol–water partition coefficient (Wildman–Crippen LogP) is 8.49. The van der Waals surface area contributed by atoms with Crippen molar-refractivity contribution in [2.45, 2.75) is 90.3 Å². The van der Waals surface area contributed by atoms with E-state index in [1.54, 1.807) is 12.1 Å². The van der Waals surface area contributed by atoms with E-state index in [4.69, 9.17) is 0 Å². The second kappa shape index (κ2) is 11.2. The van der Waals surface area contributed by atoms with Crippen molar-refractivity contribution in [3.63, 3.8) is 0 Å². The van der Waals surface area contributed by atoms with E-state index in [-0.39, 0.29) is 5.75 Å². The molecule has 0 radical (unpaired) electrons. The van der Waals surface area contributed by atoms with Gasteiger partial charge in [0, 0.05) is 0 Å². The zero-order valence-electron chi connectivity index (χ0n) is 18.3. The van der Waals surface area contributed by atoms with Gasteiger partial charge in [0.15, 0.2) is 0 Å². The molecule has 0 atom stereocenters. The van der Waals surface area contributed by atoms with E-state index in [9.17, 15) is 13.2 Å². The lowest BCUT2D eigenvalue weighted by molar-refractivity contribution is -0.274. The molecule has 2 aliphatic rings. The third-order valence-corrected chi connectivity index (χ3v) is 7.24. The molecule has 0 amide bonds. The van der Waals surface area contributed by atoms with Crippen LogP contribution in [0.5, 0.6) is 5.75 Å². The summed E-state index contributed by atoms with van der Waals surface area (Å²) in [5.41, 5.74) is 1.04. The molecule has 3 rings (SSSR count). The Balaban J connectivity index is 1.32. The highest BCUT2D eigenvalue weighted by Gasteiger charge is 2.31. The van der Waals surface area contributed by atoms with Gasteiger partial charge in [-0.3, -0.25) is 0 Å². The minimum atomic E-state index is -4.63. The van der Waals surface area contributed by atoms with Gasteiger partial charge in [-0.2, -0.15) is 0 Å². The van der Waals surface area contributed by atoms with Crippen LogP contribution in [0.1, 0.15) is 83.1 Å². The molecule has 30 heavy (non-hydrogen) atoms. The van der Waals surface area contributed by atoms with Crippen LogP contribution in [0.4, 0.5) is 13.2 Å². The van der Waals surface area contributed by atoms with Crippen molar-refractivity contribution in [1.29, 1.82) is 0 Å². The molecule has 0 N–H and O–H groups in total. The fraction of sp³-hybridized carbons (Fsp3) is 0.692. The summed E-state index contributed by atoms with van der Waals surface area (Å²) >= 11 is 0. The number of aryl methyl sites for hydroxylation is 1. The number of allylic oxidation sites excluding steroid dienone is 2. The summed E-state index contributed by atoms with van der Waals surface area (Å²) in [5.74, 6) is 3.48. The van der Waals surface area contributed by atoms with Gasteiger partial charge in [0.2, 0.25) is 0 Å². The van der Waals surface area contributed by atoms with Crippen LogP contribution in [0, 0.1) is 23.7 Å². The number of hydrogen-bond donors (Lipinski definition) is 0. The van der Waals surface area contributed by atoms with Gasteiger partial charge in [-0.25, -0.2) is 0 Å². The molecule has 0 aliphatic heterocycles. The van der Waals surface area contributed by atoms with Crippen molar-refractivity contribution in [3.05, 3.63) is 42.0 Å². The highest BCUT2D eigenvalue weighted by atomic mass is 19.4. The normalized spacial score (nSPS) is 28.0. The molecule has 0 heterocycles. The summed E-state index contributed by atoms with van der Waals surface area (Å²) in [6.07, 6.45) is 15.8. The smallest absolute Gasteiger partial charge is 0.406 e. The van der Waals surface area contributed by atoms with Crippen LogP contribution in [-0.2, 0) is 6.42 Å². The Kier molecular flexibility index (Phi) is 8.71. The lowest BCUT2D eigenvalue weighted by atomic mass is 9.68. The molecule has 2 fully saturated rings. The summed E-state index contributed by atoms with van der Waals surface area (Å²) in [7, 11) is 0. The van der Waals surface area contributed by atoms with E-state index in [2.05, 4.69) is 23.8 Å². The van der Waals surface area contributed by atoms with E-state index in [1.165, 1.54) is 76.3 Å². The average Bonchev–Trinajstić information content (AvgIpc) is 2.73. The van der Waals surface area contributed by atoms with Gasteiger partial charge in [0.25, 0.3) is 0 Å². The van der Waals surface area contributed by atoms with E-state index in [0.29, 0.717) is 5.92 Å². The first-order valence-corrected chi connectivity index (χ1v) is 11.9. The van der Waals surface area contributed by atoms with Gasteiger partial charge in [-0.05, 0) is 92.7 Å². The molecule has 4 heteroatoms. The van der Waals surface area contributed by atoms with Crippen LogP contribution in [0.3, 0.4) is 0 Å². The van der Waals surface area contributed by atoms with Gasteiger partial charge in [0.1, 0.15) is 5.75 Å². The minimum Gasteiger partial charge on any atom is -0.406 e. The first-order chi connectivity index (χ1) is 14.4.